The van der Waals surface area contributed by atoms with Crippen LogP contribution >= 0.6 is 0 Å². The van der Waals surface area contributed by atoms with E-state index in [2.05, 4.69) is 4.72 Å². The molecule has 0 spiro atoms. The first-order valence-corrected chi connectivity index (χ1v) is 7.24. The van der Waals surface area contributed by atoms with Crippen molar-refractivity contribution in [2.75, 3.05) is 6.54 Å². The van der Waals surface area contributed by atoms with Gasteiger partial charge in [-0.3, -0.25) is 0 Å². The summed E-state index contributed by atoms with van der Waals surface area (Å²) in [6, 6.07) is 10.6. The van der Waals surface area contributed by atoms with Crippen molar-refractivity contribution in [3.8, 4) is 6.07 Å². The molecule has 0 bridgehead atoms. The van der Waals surface area contributed by atoms with E-state index in [4.69, 9.17) is 11.0 Å². The molecule has 1 rings (SSSR count). The fourth-order valence-electron chi connectivity index (χ4n) is 1.50. The maximum Gasteiger partial charge on any atom is 0.228 e. The summed E-state index contributed by atoms with van der Waals surface area (Å²) >= 11 is 0. The molecule has 0 fully saturated rings. The summed E-state index contributed by atoms with van der Waals surface area (Å²) in [4.78, 5) is 0. The number of rotatable bonds is 6. The van der Waals surface area contributed by atoms with E-state index >= 15 is 0 Å². The normalized spacial score (nSPS) is 14.7. The summed E-state index contributed by atoms with van der Waals surface area (Å²) in [6.07, 6.45) is 0.256. The number of sulfonamides is 1. The van der Waals surface area contributed by atoms with Gasteiger partial charge in [0.15, 0.2) is 5.25 Å². The molecule has 0 aliphatic heterocycles. The van der Waals surface area contributed by atoms with Gasteiger partial charge in [0.1, 0.15) is 0 Å². The molecular weight excluding hydrogens is 250 g/mol. The first-order chi connectivity index (χ1) is 8.51. The Bertz CT molecular complexity index is 508. The minimum atomic E-state index is -3.62. The van der Waals surface area contributed by atoms with Gasteiger partial charge >= 0.3 is 0 Å². The van der Waals surface area contributed by atoms with Crippen molar-refractivity contribution in [2.24, 2.45) is 5.73 Å². The topological polar surface area (TPSA) is 96.0 Å². The molecule has 1 aromatic carbocycles. The van der Waals surface area contributed by atoms with Crippen molar-refractivity contribution >= 4 is 10.0 Å². The summed E-state index contributed by atoms with van der Waals surface area (Å²) in [6.45, 7) is 1.74. The minimum Gasteiger partial charge on any atom is -0.323 e. The Balaban J connectivity index is 2.64. The third-order valence-electron chi connectivity index (χ3n) is 2.62. The fourth-order valence-corrected chi connectivity index (χ4v) is 2.70. The Hall–Kier alpha value is -1.42. The highest BCUT2D eigenvalue weighted by molar-refractivity contribution is 7.90. The van der Waals surface area contributed by atoms with Crippen LogP contribution in [0.3, 0.4) is 0 Å². The molecule has 98 valence electrons. The van der Waals surface area contributed by atoms with Gasteiger partial charge in [0.05, 0.1) is 6.07 Å². The minimum absolute atomic E-state index is 0.0878. The van der Waals surface area contributed by atoms with Gasteiger partial charge in [-0.25, -0.2) is 13.1 Å². The molecule has 0 radical (unpaired) electrons. The van der Waals surface area contributed by atoms with E-state index in [1.807, 2.05) is 30.3 Å². The number of nitrogens with one attached hydrogen (secondary N) is 1. The number of hydrogen-bond donors (Lipinski definition) is 2. The Kier molecular flexibility index (Phi) is 5.28. The molecule has 3 N–H and O–H groups in total. The SMILES string of the molecule is CCC(C#N)S(=O)(=O)NCC(N)c1ccccc1. The Morgan fingerprint density at radius 2 is 2.00 bits per heavy atom. The molecule has 0 aromatic heterocycles. The van der Waals surface area contributed by atoms with Crippen LogP contribution in [0, 0.1) is 11.3 Å². The molecule has 18 heavy (non-hydrogen) atoms. The summed E-state index contributed by atoms with van der Waals surface area (Å²) < 4.78 is 25.9. The van der Waals surface area contributed by atoms with Crippen LogP contribution in [-0.4, -0.2) is 20.2 Å². The van der Waals surface area contributed by atoms with Gasteiger partial charge in [0.25, 0.3) is 0 Å². The molecular formula is C12H17N3O2S. The van der Waals surface area contributed by atoms with Crippen molar-refractivity contribution in [1.82, 2.24) is 4.72 Å². The number of benzene rings is 1. The molecule has 2 unspecified atom stereocenters. The molecule has 2 atom stereocenters. The second-order valence-corrected chi connectivity index (χ2v) is 5.88. The van der Waals surface area contributed by atoms with Crippen molar-refractivity contribution < 1.29 is 8.42 Å². The lowest BCUT2D eigenvalue weighted by atomic mass is 10.1. The first kappa shape index (κ1) is 14.6. The molecule has 0 aliphatic rings. The lowest BCUT2D eigenvalue weighted by Gasteiger charge is -2.15. The monoisotopic (exact) mass is 267 g/mol. The van der Waals surface area contributed by atoms with E-state index < -0.39 is 21.3 Å². The van der Waals surface area contributed by atoms with Gasteiger partial charge in [-0.05, 0) is 12.0 Å². The summed E-state index contributed by atoms with van der Waals surface area (Å²) in [5, 5.41) is 7.72. The second-order valence-electron chi connectivity index (χ2n) is 3.94. The van der Waals surface area contributed by atoms with Gasteiger partial charge in [0.2, 0.25) is 10.0 Å². The van der Waals surface area contributed by atoms with Crippen molar-refractivity contribution in [1.29, 1.82) is 5.26 Å². The first-order valence-electron chi connectivity index (χ1n) is 5.70. The van der Waals surface area contributed by atoms with Crippen LogP contribution in [-0.2, 0) is 10.0 Å². The molecule has 0 saturated carbocycles. The van der Waals surface area contributed by atoms with Crippen molar-refractivity contribution in [3.63, 3.8) is 0 Å². The highest BCUT2D eigenvalue weighted by atomic mass is 32.2. The fraction of sp³-hybridized carbons (Fsp3) is 0.417. The molecule has 0 heterocycles. The number of hydrogen-bond acceptors (Lipinski definition) is 4. The van der Waals surface area contributed by atoms with Crippen molar-refractivity contribution in [2.45, 2.75) is 24.6 Å². The maximum atomic E-state index is 11.7. The summed E-state index contributed by atoms with van der Waals surface area (Å²) in [5.74, 6) is 0. The van der Waals surface area contributed by atoms with E-state index in [0.29, 0.717) is 0 Å². The second kappa shape index (κ2) is 6.50. The van der Waals surface area contributed by atoms with Crippen LogP contribution < -0.4 is 10.5 Å². The predicted octanol–water partition coefficient (Wildman–Crippen LogP) is 0.908. The molecule has 1 aromatic rings. The standard InChI is InChI=1S/C12H17N3O2S/c1-2-11(8-13)18(16,17)15-9-12(14)10-6-4-3-5-7-10/h3-7,11-12,15H,2,9,14H2,1H3. The van der Waals surface area contributed by atoms with Crippen LogP contribution in [0.25, 0.3) is 0 Å². The van der Waals surface area contributed by atoms with E-state index in [9.17, 15) is 8.42 Å². The quantitative estimate of drug-likeness (QED) is 0.800. The van der Waals surface area contributed by atoms with E-state index in [1.165, 1.54) is 0 Å². The average molecular weight is 267 g/mol. The average Bonchev–Trinajstić information content (AvgIpc) is 2.38. The Morgan fingerprint density at radius 3 is 2.50 bits per heavy atom. The number of nitrogens with two attached hydrogens (primary N) is 1. The highest BCUT2D eigenvalue weighted by Crippen LogP contribution is 2.09. The van der Waals surface area contributed by atoms with Crippen LogP contribution in [0.5, 0.6) is 0 Å². The molecule has 0 saturated heterocycles. The lowest BCUT2D eigenvalue weighted by Crippen LogP contribution is -2.37. The van der Waals surface area contributed by atoms with Gasteiger partial charge < -0.3 is 5.73 Å². The molecule has 0 aliphatic carbocycles. The third-order valence-corrected chi connectivity index (χ3v) is 4.38. The van der Waals surface area contributed by atoms with E-state index in [1.54, 1.807) is 13.0 Å². The molecule has 6 heteroatoms. The zero-order chi connectivity index (χ0) is 13.6. The summed E-state index contributed by atoms with van der Waals surface area (Å²) in [5.41, 5.74) is 6.73. The number of nitriles is 1. The largest absolute Gasteiger partial charge is 0.323 e. The lowest BCUT2D eigenvalue weighted by molar-refractivity contribution is 0.564. The molecule has 0 amide bonds. The van der Waals surface area contributed by atoms with Crippen LogP contribution in [0.4, 0.5) is 0 Å². The highest BCUT2D eigenvalue weighted by Gasteiger charge is 2.23. The van der Waals surface area contributed by atoms with Crippen molar-refractivity contribution in [3.05, 3.63) is 35.9 Å². The summed E-state index contributed by atoms with van der Waals surface area (Å²) in [7, 11) is -3.62. The van der Waals surface area contributed by atoms with E-state index in [-0.39, 0.29) is 13.0 Å². The van der Waals surface area contributed by atoms with E-state index in [0.717, 1.165) is 5.56 Å². The van der Waals surface area contributed by atoms with Crippen LogP contribution in [0.2, 0.25) is 0 Å². The van der Waals surface area contributed by atoms with Gasteiger partial charge in [-0.2, -0.15) is 5.26 Å². The third kappa shape index (κ3) is 3.81. The van der Waals surface area contributed by atoms with Gasteiger partial charge in [-0.1, -0.05) is 37.3 Å². The Morgan fingerprint density at radius 1 is 1.39 bits per heavy atom. The van der Waals surface area contributed by atoms with Crippen LogP contribution in [0.15, 0.2) is 30.3 Å². The van der Waals surface area contributed by atoms with Crippen LogP contribution in [0.1, 0.15) is 24.9 Å². The predicted molar refractivity (Wildman–Crippen MR) is 70.0 cm³/mol. The maximum absolute atomic E-state index is 11.7. The molecule has 5 nitrogen and oxygen atoms in total. The zero-order valence-corrected chi connectivity index (χ0v) is 11.0. The van der Waals surface area contributed by atoms with Gasteiger partial charge in [-0.15, -0.1) is 0 Å². The zero-order valence-electron chi connectivity index (χ0n) is 10.2. The smallest absolute Gasteiger partial charge is 0.228 e. The van der Waals surface area contributed by atoms with Gasteiger partial charge in [0, 0.05) is 12.6 Å². The Labute approximate surface area is 108 Å². The number of nitrogens with zero attached hydrogens (tertiary/aromatic N) is 1.